The highest BCUT2D eigenvalue weighted by Gasteiger charge is 2.23. The number of likely N-dealkylation sites (tertiary alicyclic amines) is 1. The molecule has 108 valence electrons. The molecule has 0 aromatic rings. The van der Waals surface area contributed by atoms with Gasteiger partial charge in [-0.1, -0.05) is 41.0 Å². The standard InChI is InChI=1S/C16H34N2/c1-14(2)12-17-13-15-8-6-7-10-18(15)11-9-16(3,4)5/h14-15,17H,6-13H2,1-5H3. The molecule has 0 bridgehead atoms. The third-order valence-electron chi connectivity index (χ3n) is 3.83. The van der Waals surface area contributed by atoms with Crippen molar-refractivity contribution in [1.29, 1.82) is 0 Å². The number of nitrogens with one attached hydrogen (secondary N) is 1. The fourth-order valence-corrected chi connectivity index (χ4v) is 2.60. The normalized spacial score (nSPS) is 22.7. The van der Waals surface area contributed by atoms with Crippen molar-refractivity contribution in [2.24, 2.45) is 11.3 Å². The first-order chi connectivity index (χ1) is 8.38. The van der Waals surface area contributed by atoms with E-state index in [2.05, 4.69) is 44.8 Å². The summed E-state index contributed by atoms with van der Waals surface area (Å²) in [5, 5.41) is 3.64. The van der Waals surface area contributed by atoms with Crippen molar-refractivity contribution in [3.63, 3.8) is 0 Å². The monoisotopic (exact) mass is 254 g/mol. The smallest absolute Gasteiger partial charge is 0.0220 e. The van der Waals surface area contributed by atoms with Crippen LogP contribution in [-0.2, 0) is 0 Å². The maximum Gasteiger partial charge on any atom is 0.0220 e. The molecule has 0 amide bonds. The number of hydrogen-bond donors (Lipinski definition) is 1. The van der Waals surface area contributed by atoms with Crippen LogP contribution in [0.4, 0.5) is 0 Å². The molecule has 1 unspecified atom stereocenters. The summed E-state index contributed by atoms with van der Waals surface area (Å²) >= 11 is 0. The molecule has 2 heteroatoms. The summed E-state index contributed by atoms with van der Waals surface area (Å²) in [5.41, 5.74) is 0.466. The lowest BCUT2D eigenvalue weighted by molar-refractivity contribution is 0.127. The first kappa shape index (κ1) is 16.0. The van der Waals surface area contributed by atoms with E-state index in [-0.39, 0.29) is 0 Å². The van der Waals surface area contributed by atoms with Gasteiger partial charge >= 0.3 is 0 Å². The van der Waals surface area contributed by atoms with E-state index in [0.29, 0.717) is 5.41 Å². The van der Waals surface area contributed by atoms with Crippen molar-refractivity contribution < 1.29 is 0 Å². The average Bonchev–Trinajstić information content (AvgIpc) is 2.26. The topological polar surface area (TPSA) is 15.3 Å². The minimum Gasteiger partial charge on any atom is -0.315 e. The Morgan fingerprint density at radius 3 is 2.56 bits per heavy atom. The first-order valence-corrected chi connectivity index (χ1v) is 7.83. The van der Waals surface area contributed by atoms with Crippen molar-refractivity contribution in [3.8, 4) is 0 Å². The molecule has 1 atom stereocenters. The zero-order chi connectivity index (χ0) is 13.6. The van der Waals surface area contributed by atoms with Crippen molar-refractivity contribution in [2.75, 3.05) is 26.2 Å². The van der Waals surface area contributed by atoms with E-state index in [4.69, 9.17) is 0 Å². The second kappa shape index (κ2) is 7.49. The van der Waals surface area contributed by atoms with E-state index < -0.39 is 0 Å². The first-order valence-electron chi connectivity index (χ1n) is 7.83. The van der Waals surface area contributed by atoms with Gasteiger partial charge in [-0.15, -0.1) is 0 Å². The van der Waals surface area contributed by atoms with E-state index in [1.54, 1.807) is 0 Å². The molecular weight excluding hydrogens is 220 g/mol. The fourth-order valence-electron chi connectivity index (χ4n) is 2.60. The minimum atomic E-state index is 0.466. The Hall–Kier alpha value is -0.0800. The quantitative estimate of drug-likeness (QED) is 0.780. The SMILES string of the molecule is CC(C)CNCC1CCCCN1CCC(C)(C)C. The van der Waals surface area contributed by atoms with Gasteiger partial charge < -0.3 is 5.32 Å². The molecule has 0 radical (unpaired) electrons. The Labute approximate surface area is 115 Å². The Balaban J connectivity index is 2.32. The Morgan fingerprint density at radius 1 is 1.22 bits per heavy atom. The van der Waals surface area contributed by atoms with Crippen LogP contribution in [0.15, 0.2) is 0 Å². The van der Waals surface area contributed by atoms with E-state index in [0.717, 1.165) is 18.5 Å². The molecule has 1 heterocycles. The van der Waals surface area contributed by atoms with Crippen LogP contribution in [0.3, 0.4) is 0 Å². The van der Waals surface area contributed by atoms with Crippen molar-refractivity contribution >= 4 is 0 Å². The lowest BCUT2D eigenvalue weighted by Crippen LogP contribution is -2.46. The average molecular weight is 254 g/mol. The van der Waals surface area contributed by atoms with Crippen LogP contribution in [0, 0.1) is 11.3 Å². The fraction of sp³-hybridized carbons (Fsp3) is 1.00. The van der Waals surface area contributed by atoms with Gasteiger partial charge in [0.05, 0.1) is 0 Å². The Bertz CT molecular complexity index is 218. The van der Waals surface area contributed by atoms with Gasteiger partial charge in [-0.25, -0.2) is 0 Å². The zero-order valence-corrected chi connectivity index (χ0v) is 13.3. The Morgan fingerprint density at radius 2 is 1.94 bits per heavy atom. The predicted octanol–water partition coefficient (Wildman–Crippen LogP) is 3.52. The van der Waals surface area contributed by atoms with E-state index in [9.17, 15) is 0 Å². The molecule has 0 spiro atoms. The van der Waals surface area contributed by atoms with E-state index in [1.165, 1.54) is 45.3 Å². The van der Waals surface area contributed by atoms with Gasteiger partial charge in [0.2, 0.25) is 0 Å². The molecule has 1 fully saturated rings. The zero-order valence-electron chi connectivity index (χ0n) is 13.3. The number of nitrogens with zero attached hydrogens (tertiary/aromatic N) is 1. The second-order valence-electron chi connectivity index (χ2n) is 7.55. The number of hydrogen-bond acceptors (Lipinski definition) is 2. The highest BCUT2D eigenvalue weighted by Crippen LogP contribution is 2.22. The van der Waals surface area contributed by atoms with Gasteiger partial charge in [0.1, 0.15) is 0 Å². The van der Waals surface area contributed by atoms with Crippen molar-refractivity contribution in [2.45, 2.75) is 66.3 Å². The highest BCUT2D eigenvalue weighted by atomic mass is 15.2. The summed E-state index contributed by atoms with van der Waals surface area (Å²) in [6, 6.07) is 0.778. The van der Waals surface area contributed by atoms with Gasteiger partial charge in [-0.2, -0.15) is 0 Å². The molecule has 1 saturated heterocycles. The largest absolute Gasteiger partial charge is 0.315 e. The van der Waals surface area contributed by atoms with E-state index >= 15 is 0 Å². The molecule has 0 aromatic heterocycles. The number of piperidine rings is 1. The van der Waals surface area contributed by atoms with Gasteiger partial charge in [0, 0.05) is 12.6 Å². The molecule has 0 aromatic carbocycles. The second-order valence-corrected chi connectivity index (χ2v) is 7.55. The molecule has 1 N–H and O–H groups in total. The molecule has 2 nitrogen and oxygen atoms in total. The van der Waals surface area contributed by atoms with Gasteiger partial charge in [-0.05, 0) is 50.2 Å². The van der Waals surface area contributed by atoms with Crippen LogP contribution in [0.25, 0.3) is 0 Å². The summed E-state index contributed by atoms with van der Waals surface area (Å²) in [6.45, 7) is 16.5. The summed E-state index contributed by atoms with van der Waals surface area (Å²) in [6.07, 6.45) is 5.51. The molecule has 18 heavy (non-hydrogen) atoms. The van der Waals surface area contributed by atoms with Crippen LogP contribution in [0.5, 0.6) is 0 Å². The molecule has 1 aliphatic rings. The third-order valence-corrected chi connectivity index (χ3v) is 3.83. The third kappa shape index (κ3) is 6.75. The van der Waals surface area contributed by atoms with Gasteiger partial charge in [-0.3, -0.25) is 4.90 Å². The van der Waals surface area contributed by atoms with Crippen LogP contribution < -0.4 is 5.32 Å². The summed E-state index contributed by atoms with van der Waals surface area (Å²) in [5.74, 6) is 0.761. The lowest BCUT2D eigenvalue weighted by atomic mass is 9.91. The van der Waals surface area contributed by atoms with Crippen LogP contribution >= 0.6 is 0 Å². The maximum absolute atomic E-state index is 3.64. The van der Waals surface area contributed by atoms with E-state index in [1.807, 2.05) is 0 Å². The molecular formula is C16H34N2. The van der Waals surface area contributed by atoms with Crippen molar-refractivity contribution in [1.82, 2.24) is 10.2 Å². The summed E-state index contributed by atoms with van der Waals surface area (Å²) < 4.78 is 0. The number of rotatable bonds is 6. The lowest BCUT2D eigenvalue weighted by Gasteiger charge is -2.37. The highest BCUT2D eigenvalue weighted by molar-refractivity contribution is 4.80. The summed E-state index contributed by atoms with van der Waals surface area (Å²) in [7, 11) is 0. The molecule has 1 rings (SSSR count). The van der Waals surface area contributed by atoms with Crippen LogP contribution in [0.1, 0.15) is 60.3 Å². The van der Waals surface area contributed by atoms with Gasteiger partial charge in [0.25, 0.3) is 0 Å². The molecule has 1 aliphatic heterocycles. The van der Waals surface area contributed by atoms with Crippen LogP contribution in [0.2, 0.25) is 0 Å². The molecule has 0 saturated carbocycles. The summed E-state index contributed by atoms with van der Waals surface area (Å²) in [4.78, 5) is 2.72. The predicted molar refractivity (Wildman–Crippen MR) is 81.0 cm³/mol. The minimum absolute atomic E-state index is 0.466. The maximum atomic E-state index is 3.64. The van der Waals surface area contributed by atoms with Crippen LogP contribution in [-0.4, -0.2) is 37.1 Å². The Kier molecular flexibility index (Phi) is 6.65. The van der Waals surface area contributed by atoms with Gasteiger partial charge in [0.15, 0.2) is 0 Å². The van der Waals surface area contributed by atoms with Crippen molar-refractivity contribution in [3.05, 3.63) is 0 Å². The molecule has 0 aliphatic carbocycles.